The first-order valence-electron chi connectivity index (χ1n) is 4.50. The molecule has 0 aliphatic carbocycles. The van der Waals surface area contributed by atoms with Crippen LogP contribution in [0.15, 0.2) is 22.6 Å². The molecule has 0 fully saturated rings. The molecule has 0 atom stereocenters. The number of hydrogen-bond acceptors (Lipinski definition) is 4. The molecule has 1 amide bonds. The lowest BCUT2D eigenvalue weighted by Crippen LogP contribution is -2.13. The van der Waals surface area contributed by atoms with Gasteiger partial charge in [0.25, 0.3) is 5.91 Å². The van der Waals surface area contributed by atoms with Crippen molar-refractivity contribution >= 4 is 11.8 Å². The molecule has 17 heavy (non-hydrogen) atoms. The van der Waals surface area contributed by atoms with E-state index in [0.717, 1.165) is 12.1 Å². The second-order valence-corrected chi connectivity index (χ2v) is 3.22. The highest BCUT2D eigenvalue weighted by atomic mass is 19.1. The van der Waals surface area contributed by atoms with Gasteiger partial charge in [0.05, 0.1) is 5.56 Å². The number of halogens is 2. The molecule has 0 aliphatic heterocycles. The fraction of sp³-hybridized carbons (Fsp3) is 0. The first-order valence-corrected chi connectivity index (χ1v) is 4.50. The maximum absolute atomic E-state index is 13.4. The van der Waals surface area contributed by atoms with Gasteiger partial charge in [-0.3, -0.25) is 4.79 Å². The minimum Gasteiger partial charge on any atom is -0.420 e. The molecule has 5 nitrogen and oxygen atoms in total. The Balaban J connectivity index is 2.53. The summed E-state index contributed by atoms with van der Waals surface area (Å²) in [4.78, 5) is 14.5. The van der Waals surface area contributed by atoms with Gasteiger partial charge in [-0.15, -0.1) is 0 Å². The first kappa shape index (κ1) is 11.1. The molecule has 4 N–H and O–H groups in total. The monoisotopic (exact) mass is 239 g/mol. The summed E-state index contributed by atoms with van der Waals surface area (Å²) in [5.74, 6) is -3.03. The minimum atomic E-state index is -0.889. The average molecular weight is 239 g/mol. The minimum absolute atomic E-state index is 0.106. The average Bonchev–Trinajstić information content (AvgIpc) is 2.60. The number of benzene rings is 1. The van der Waals surface area contributed by atoms with E-state index in [2.05, 4.69) is 4.98 Å². The van der Waals surface area contributed by atoms with Crippen molar-refractivity contribution in [3.63, 3.8) is 0 Å². The standard InChI is InChI=1S/C10H7F2N3O2/c11-4-1-2-5(6(12)3-4)10-15-7(8(13)16)9(14)17-10/h1-3H,14H2,(H2,13,16). The molecule has 1 heterocycles. The van der Waals surface area contributed by atoms with E-state index in [9.17, 15) is 13.6 Å². The van der Waals surface area contributed by atoms with Crippen LogP contribution in [0.1, 0.15) is 10.5 Å². The van der Waals surface area contributed by atoms with Gasteiger partial charge in [-0.1, -0.05) is 0 Å². The molecule has 2 rings (SSSR count). The second-order valence-electron chi connectivity index (χ2n) is 3.22. The summed E-state index contributed by atoms with van der Waals surface area (Å²) in [6.07, 6.45) is 0. The number of primary amides is 1. The number of hydrogen-bond donors (Lipinski definition) is 2. The number of nitrogens with zero attached hydrogens (tertiary/aromatic N) is 1. The van der Waals surface area contributed by atoms with Crippen LogP contribution in [0.25, 0.3) is 11.5 Å². The van der Waals surface area contributed by atoms with Gasteiger partial charge >= 0.3 is 0 Å². The quantitative estimate of drug-likeness (QED) is 0.825. The van der Waals surface area contributed by atoms with E-state index in [1.807, 2.05) is 0 Å². The highest BCUT2D eigenvalue weighted by molar-refractivity contribution is 5.95. The molecule has 0 aliphatic rings. The van der Waals surface area contributed by atoms with Gasteiger partial charge < -0.3 is 15.9 Å². The summed E-state index contributed by atoms with van der Waals surface area (Å²) in [6.45, 7) is 0. The summed E-state index contributed by atoms with van der Waals surface area (Å²) in [5.41, 5.74) is 9.91. The van der Waals surface area contributed by atoms with E-state index < -0.39 is 17.5 Å². The highest BCUT2D eigenvalue weighted by Gasteiger charge is 2.18. The van der Waals surface area contributed by atoms with E-state index in [-0.39, 0.29) is 23.0 Å². The molecule has 0 bridgehead atoms. The van der Waals surface area contributed by atoms with E-state index in [1.165, 1.54) is 0 Å². The second kappa shape index (κ2) is 3.85. The number of oxazole rings is 1. The number of amides is 1. The summed E-state index contributed by atoms with van der Waals surface area (Å²) in [5, 5.41) is 0. The Kier molecular flexibility index (Phi) is 2.51. The van der Waals surface area contributed by atoms with Crippen molar-refractivity contribution in [3.8, 4) is 11.5 Å². The zero-order valence-electron chi connectivity index (χ0n) is 8.41. The van der Waals surface area contributed by atoms with Gasteiger partial charge in [0.15, 0.2) is 5.69 Å². The molecule has 0 spiro atoms. The molecule has 2 aromatic rings. The van der Waals surface area contributed by atoms with Gasteiger partial charge in [-0.05, 0) is 12.1 Å². The number of nitrogen functional groups attached to an aromatic ring is 1. The Hall–Kier alpha value is -2.44. The first-order chi connectivity index (χ1) is 7.99. The van der Waals surface area contributed by atoms with Crippen molar-refractivity contribution in [1.29, 1.82) is 0 Å². The Bertz CT molecular complexity index is 595. The van der Waals surface area contributed by atoms with Gasteiger partial charge in [-0.25, -0.2) is 13.8 Å². The molecule has 0 saturated carbocycles. The van der Waals surface area contributed by atoms with Crippen LogP contribution in [0, 0.1) is 11.6 Å². The third kappa shape index (κ3) is 1.94. The van der Waals surface area contributed by atoms with Crippen molar-refractivity contribution in [3.05, 3.63) is 35.5 Å². The van der Waals surface area contributed by atoms with Crippen LogP contribution in [0.2, 0.25) is 0 Å². The number of carbonyl (C=O) groups is 1. The van der Waals surface area contributed by atoms with Gasteiger partial charge in [0, 0.05) is 6.07 Å². The van der Waals surface area contributed by atoms with Crippen molar-refractivity contribution in [2.45, 2.75) is 0 Å². The molecule has 88 valence electrons. The van der Waals surface area contributed by atoms with Crippen molar-refractivity contribution < 1.29 is 18.0 Å². The van der Waals surface area contributed by atoms with E-state index in [4.69, 9.17) is 15.9 Å². The third-order valence-corrected chi connectivity index (χ3v) is 2.05. The maximum Gasteiger partial charge on any atom is 0.273 e. The number of anilines is 1. The SMILES string of the molecule is NC(=O)c1nc(-c2ccc(F)cc2F)oc1N. The molecule has 0 radical (unpaired) electrons. The summed E-state index contributed by atoms with van der Waals surface area (Å²) >= 11 is 0. The van der Waals surface area contributed by atoms with Gasteiger partial charge in [-0.2, -0.15) is 0 Å². The molecule has 7 heteroatoms. The summed E-state index contributed by atoms with van der Waals surface area (Å²) in [6, 6.07) is 2.82. The van der Waals surface area contributed by atoms with Crippen LogP contribution in [-0.2, 0) is 0 Å². The lowest BCUT2D eigenvalue weighted by atomic mass is 10.2. The number of carbonyl (C=O) groups excluding carboxylic acids is 1. The summed E-state index contributed by atoms with van der Waals surface area (Å²) in [7, 11) is 0. The molecule has 1 aromatic heterocycles. The van der Waals surface area contributed by atoms with Crippen molar-refractivity contribution in [2.24, 2.45) is 5.73 Å². The Morgan fingerprint density at radius 1 is 1.35 bits per heavy atom. The van der Waals surface area contributed by atoms with Crippen LogP contribution in [-0.4, -0.2) is 10.9 Å². The van der Waals surface area contributed by atoms with Crippen LogP contribution in [0.3, 0.4) is 0 Å². The molecule has 0 saturated heterocycles. The van der Waals surface area contributed by atoms with Gasteiger partial charge in [0.2, 0.25) is 11.8 Å². The molecule has 1 aromatic carbocycles. The van der Waals surface area contributed by atoms with Crippen molar-refractivity contribution in [2.75, 3.05) is 5.73 Å². The van der Waals surface area contributed by atoms with Crippen LogP contribution >= 0.6 is 0 Å². The lowest BCUT2D eigenvalue weighted by Gasteiger charge is -1.97. The topological polar surface area (TPSA) is 95.1 Å². The largest absolute Gasteiger partial charge is 0.420 e. The van der Waals surface area contributed by atoms with Crippen LogP contribution in [0.5, 0.6) is 0 Å². The van der Waals surface area contributed by atoms with Crippen LogP contribution < -0.4 is 11.5 Å². The number of aromatic nitrogens is 1. The zero-order chi connectivity index (χ0) is 12.6. The lowest BCUT2D eigenvalue weighted by molar-refractivity contribution is 0.0996. The Labute approximate surface area is 94.0 Å². The van der Waals surface area contributed by atoms with Crippen LogP contribution in [0.4, 0.5) is 14.7 Å². The molecular weight excluding hydrogens is 232 g/mol. The zero-order valence-corrected chi connectivity index (χ0v) is 8.41. The van der Waals surface area contributed by atoms with E-state index in [0.29, 0.717) is 6.07 Å². The smallest absolute Gasteiger partial charge is 0.273 e. The Morgan fingerprint density at radius 2 is 2.06 bits per heavy atom. The van der Waals surface area contributed by atoms with Crippen molar-refractivity contribution in [1.82, 2.24) is 4.98 Å². The number of rotatable bonds is 2. The van der Waals surface area contributed by atoms with E-state index in [1.54, 1.807) is 0 Å². The fourth-order valence-electron chi connectivity index (χ4n) is 1.29. The van der Waals surface area contributed by atoms with E-state index >= 15 is 0 Å². The Morgan fingerprint density at radius 3 is 2.59 bits per heavy atom. The fourth-order valence-corrected chi connectivity index (χ4v) is 1.29. The predicted octanol–water partition coefficient (Wildman–Crippen LogP) is 1.30. The number of nitrogens with two attached hydrogens (primary N) is 2. The molecule has 0 unspecified atom stereocenters. The molecular formula is C10H7F2N3O2. The van der Waals surface area contributed by atoms with Gasteiger partial charge in [0.1, 0.15) is 11.6 Å². The predicted molar refractivity (Wildman–Crippen MR) is 54.8 cm³/mol. The highest BCUT2D eigenvalue weighted by Crippen LogP contribution is 2.26. The summed E-state index contributed by atoms with van der Waals surface area (Å²) < 4.78 is 31.0. The normalized spacial score (nSPS) is 10.5. The third-order valence-electron chi connectivity index (χ3n) is 2.05. The maximum atomic E-state index is 13.4.